The number of rotatable bonds is 5. The number of aryl methyl sites for hydroxylation is 1. The Morgan fingerprint density at radius 3 is 2.71 bits per heavy atom. The molecule has 1 aromatic carbocycles. The SMILES string of the molecule is Cc1c(C)n(C/C(Cl)=C/Cl)c2c(OCc3ccccc3)nncc12. The van der Waals surface area contributed by atoms with E-state index in [1.165, 1.54) is 5.54 Å². The summed E-state index contributed by atoms with van der Waals surface area (Å²) in [6.45, 7) is 4.98. The predicted molar refractivity (Wildman–Crippen MR) is 97.6 cm³/mol. The zero-order valence-corrected chi connectivity index (χ0v) is 15.0. The molecule has 2 heterocycles. The standard InChI is InChI=1S/C18H17Cl2N3O/c1-12-13(2)23(10-15(20)8-19)17-16(12)9-21-22-18(17)24-11-14-6-4-3-5-7-14/h3-9H,10-11H2,1-2H3/b15-8-. The first-order valence-corrected chi connectivity index (χ1v) is 8.35. The van der Waals surface area contributed by atoms with Crippen LogP contribution >= 0.6 is 23.2 Å². The Balaban J connectivity index is 2.03. The van der Waals surface area contributed by atoms with E-state index in [9.17, 15) is 0 Å². The number of aromatic nitrogens is 3. The van der Waals surface area contributed by atoms with Gasteiger partial charge in [0.05, 0.1) is 12.7 Å². The molecule has 0 N–H and O–H groups in total. The van der Waals surface area contributed by atoms with Gasteiger partial charge in [0.1, 0.15) is 12.1 Å². The van der Waals surface area contributed by atoms with E-state index in [1.54, 1.807) is 6.20 Å². The van der Waals surface area contributed by atoms with Gasteiger partial charge in [0.15, 0.2) is 0 Å². The molecule has 0 fully saturated rings. The van der Waals surface area contributed by atoms with Crippen molar-refractivity contribution in [1.29, 1.82) is 0 Å². The number of halogens is 2. The Hall–Kier alpha value is -2.04. The van der Waals surface area contributed by atoms with Crippen molar-refractivity contribution in [3.63, 3.8) is 0 Å². The van der Waals surface area contributed by atoms with Crippen LogP contribution in [0.2, 0.25) is 0 Å². The number of ether oxygens (including phenoxy) is 1. The smallest absolute Gasteiger partial charge is 0.258 e. The lowest BCUT2D eigenvalue weighted by atomic mass is 10.2. The van der Waals surface area contributed by atoms with E-state index in [-0.39, 0.29) is 0 Å². The van der Waals surface area contributed by atoms with Gasteiger partial charge in [-0.1, -0.05) is 53.5 Å². The van der Waals surface area contributed by atoms with E-state index in [4.69, 9.17) is 27.9 Å². The maximum atomic E-state index is 6.14. The van der Waals surface area contributed by atoms with Gasteiger partial charge in [0.25, 0.3) is 5.88 Å². The lowest BCUT2D eigenvalue weighted by molar-refractivity contribution is 0.293. The van der Waals surface area contributed by atoms with Crippen molar-refractivity contribution in [3.8, 4) is 5.88 Å². The van der Waals surface area contributed by atoms with Gasteiger partial charge in [-0.25, -0.2) is 0 Å². The quantitative estimate of drug-likeness (QED) is 0.645. The van der Waals surface area contributed by atoms with Crippen LogP contribution in [0.15, 0.2) is 47.1 Å². The predicted octanol–water partition coefficient (Wildman–Crippen LogP) is 4.95. The van der Waals surface area contributed by atoms with E-state index in [0.29, 0.717) is 24.1 Å². The average Bonchev–Trinajstić information content (AvgIpc) is 2.86. The zero-order chi connectivity index (χ0) is 17.1. The Morgan fingerprint density at radius 2 is 2.00 bits per heavy atom. The van der Waals surface area contributed by atoms with Crippen molar-refractivity contribution in [2.24, 2.45) is 0 Å². The summed E-state index contributed by atoms with van der Waals surface area (Å²) in [7, 11) is 0. The first kappa shape index (κ1) is 16.8. The summed E-state index contributed by atoms with van der Waals surface area (Å²) in [4.78, 5) is 0. The molecule has 0 saturated carbocycles. The molecule has 0 bridgehead atoms. The second-order valence-electron chi connectivity index (χ2n) is 5.54. The van der Waals surface area contributed by atoms with Gasteiger partial charge in [0, 0.05) is 21.6 Å². The molecule has 0 aliphatic heterocycles. The van der Waals surface area contributed by atoms with Crippen LogP contribution in [0.1, 0.15) is 16.8 Å². The molecule has 3 aromatic rings. The lowest BCUT2D eigenvalue weighted by Gasteiger charge is -2.11. The van der Waals surface area contributed by atoms with E-state index < -0.39 is 0 Å². The van der Waals surface area contributed by atoms with Crippen LogP contribution in [0.5, 0.6) is 5.88 Å². The van der Waals surface area contributed by atoms with Gasteiger partial charge >= 0.3 is 0 Å². The third-order valence-corrected chi connectivity index (χ3v) is 4.66. The fraction of sp³-hybridized carbons (Fsp3) is 0.222. The average molecular weight is 362 g/mol. The highest BCUT2D eigenvalue weighted by molar-refractivity contribution is 6.36. The molecule has 0 aliphatic carbocycles. The molecule has 0 spiro atoms. The molecule has 6 heteroatoms. The molecule has 0 aliphatic rings. The second kappa shape index (κ2) is 7.24. The molecule has 0 amide bonds. The summed E-state index contributed by atoms with van der Waals surface area (Å²) in [5.41, 5.74) is 5.54. The van der Waals surface area contributed by atoms with Gasteiger partial charge in [0.2, 0.25) is 0 Å². The zero-order valence-electron chi connectivity index (χ0n) is 13.5. The summed E-state index contributed by atoms with van der Waals surface area (Å²) in [5, 5.41) is 9.81. The molecule has 0 radical (unpaired) electrons. The first-order chi connectivity index (χ1) is 11.6. The molecule has 4 nitrogen and oxygen atoms in total. The number of allylic oxidation sites excluding steroid dienone is 1. The van der Waals surface area contributed by atoms with Gasteiger partial charge in [-0.05, 0) is 25.0 Å². The molecule has 2 aromatic heterocycles. The van der Waals surface area contributed by atoms with Crippen molar-refractivity contribution in [2.45, 2.75) is 27.0 Å². The second-order valence-corrected chi connectivity index (χ2v) is 6.24. The monoisotopic (exact) mass is 361 g/mol. The highest BCUT2D eigenvalue weighted by Gasteiger charge is 2.17. The fourth-order valence-corrected chi connectivity index (χ4v) is 2.86. The first-order valence-electron chi connectivity index (χ1n) is 7.54. The van der Waals surface area contributed by atoms with Crippen LogP contribution in [0, 0.1) is 13.8 Å². The molecule has 0 saturated heterocycles. The van der Waals surface area contributed by atoms with Gasteiger partial charge < -0.3 is 9.30 Å². The topological polar surface area (TPSA) is 39.9 Å². The summed E-state index contributed by atoms with van der Waals surface area (Å²) < 4.78 is 8.00. The summed E-state index contributed by atoms with van der Waals surface area (Å²) >= 11 is 11.9. The highest BCUT2D eigenvalue weighted by Crippen LogP contribution is 2.31. The van der Waals surface area contributed by atoms with Gasteiger partial charge in [-0.15, -0.1) is 5.10 Å². The van der Waals surface area contributed by atoms with Crippen LogP contribution in [-0.4, -0.2) is 14.8 Å². The van der Waals surface area contributed by atoms with Crippen LogP contribution in [-0.2, 0) is 13.2 Å². The van der Waals surface area contributed by atoms with Crippen LogP contribution < -0.4 is 4.74 Å². The Bertz CT molecular complexity index is 888. The molecule has 124 valence electrons. The van der Waals surface area contributed by atoms with Crippen molar-refractivity contribution in [3.05, 3.63) is 63.9 Å². The van der Waals surface area contributed by atoms with Gasteiger partial charge in [-0.3, -0.25) is 0 Å². The Labute approximate surface area is 150 Å². The number of hydrogen-bond donors (Lipinski definition) is 0. The van der Waals surface area contributed by atoms with E-state index in [0.717, 1.165) is 27.7 Å². The minimum absolute atomic E-state index is 0.428. The van der Waals surface area contributed by atoms with E-state index in [2.05, 4.69) is 21.7 Å². The van der Waals surface area contributed by atoms with Crippen molar-refractivity contribution < 1.29 is 4.74 Å². The molecule has 3 rings (SSSR count). The number of fused-ring (bicyclic) bond motifs is 1. The molecular weight excluding hydrogens is 345 g/mol. The van der Waals surface area contributed by atoms with Crippen LogP contribution in [0.3, 0.4) is 0 Å². The number of hydrogen-bond acceptors (Lipinski definition) is 3. The summed E-state index contributed by atoms with van der Waals surface area (Å²) in [5.74, 6) is 0.492. The highest BCUT2D eigenvalue weighted by atomic mass is 35.5. The number of benzene rings is 1. The van der Waals surface area contributed by atoms with Crippen molar-refractivity contribution in [1.82, 2.24) is 14.8 Å². The lowest BCUT2D eigenvalue weighted by Crippen LogP contribution is -2.04. The number of nitrogens with zero attached hydrogens (tertiary/aromatic N) is 3. The summed E-state index contributed by atoms with van der Waals surface area (Å²) in [6.07, 6.45) is 1.75. The van der Waals surface area contributed by atoms with Crippen LogP contribution in [0.25, 0.3) is 10.9 Å². The molecule has 0 unspecified atom stereocenters. The van der Waals surface area contributed by atoms with Crippen molar-refractivity contribution >= 4 is 34.1 Å². The summed E-state index contributed by atoms with van der Waals surface area (Å²) in [6, 6.07) is 9.95. The third kappa shape index (κ3) is 3.25. The van der Waals surface area contributed by atoms with Crippen LogP contribution in [0.4, 0.5) is 0 Å². The Kier molecular flexibility index (Phi) is 5.07. The maximum absolute atomic E-state index is 6.14. The Morgan fingerprint density at radius 1 is 1.25 bits per heavy atom. The van der Waals surface area contributed by atoms with E-state index >= 15 is 0 Å². The molecular formula is C18H17Cl2N3O. The minimum atomic E-state index is 0.428. The largest absolute Gasteiger partial charge is 0.470 e. The minimum Gasteiger partial charge on any atom is -0.470 e. The molecule has 0 atom stereocenters. The maximum Gasteiger partial charge on any atom is 0.258 e. The molecule has 24 heavy (non-hydrogen) atoms. The van der Waals surface area contributed by atoms with Gasteiger partial charge in [-0.2, -0.15) is 5.10 Å². The normalized spacial score (nSPS) is 11.9. The van der Waals surface area contributed by atoms with E-state index in [1.807, 2.05) is 37.3 Å². The fourth-order valence-electron chi connectivity index (χ4n) is 2.67. The third-order valence-electron chi connectivity index (χ3n) is 4.06. The van der Waals surface area contributed by atoms with Crippen molar-refractivity contribution in [2.75, 3.05) is 0 Å².